The molecule has 0 bridgehead atoms. The zero-order valence-corrected chi connectivity index (χ0v) is 32.3. The molecule has 57 heavy (non-hydrogen) atoms. The molecule has 3 aliphatic rings. The van der Waals surface area contributed by atoms with E-state index in [-0.39, 0.29) is 41.1 Å². The van der Waals surface area contributed by atoms with Gasteiger partial charge in [0.15, 0.2) is 5.78 Å². The maximum atomic E-state index is 15.4. The maximum Gasteiger partial charge on any atom is 0.293 e. The van der Waals surface area contributed by atoms with Crippen molar-refractivity contribution in [1.29, 1.82) is 0 Å². The standard InChI is InChI=1S/C41H36ClF6N5O3S/c1-52-37-28(7-8-31(42)34(37)32(50-52)20-57(2,3)56)27-6-5-25(9-12-40(55)10-4-11-40)49-35(27)22(13-21-14-23(43)17-24(44)15-21)16-26(54)19-53-38-33(36(51-53)39(45)46)29-18-30(29)41(38,47)48/h5-8,14-15,17,22,29-30,39,55H,2,4,10-11,13,16,18-20H2,1,3H3/t22-,29+,30-,57?/m1/s1. The Morgan fingerprint density at radius 3 is 2.44 bits per heavy atom. The average Bonchev–Trinajstić information content (AvgIpc) is 3.65. The summed E-state index contributed by atoms with van der Waals surface area (Å²) in [6, 6.07) is 9.55. The monoisotopic (exact) mass is 827 g/mol. The summed E-state index contributed by atoms with van der Waals surface area (Å²) in [4.78, 5) is 19.0. The van der Waals surface area contributed by atoms with Gasteiger partial charge in [0, 0.05) is 59.7 Å². The number of carbonyl (C=O) groups is 1. The van der Waals surface area contributed by atoms with E-state index in [1.807, 2.05) is 0 Å². The first-order valence-corrected chi connectivity index (χ1v) is 20.9. The van der Waals surface area contributed by atoms with Crippen molar-refractivity contribution >= 4 is 43.7 Å². The Balaban J connectivity index is 1.27. The fraction of sp³-hybridized carbons (Fsp3) is 0.390. The minimum atomic E-state index is -3.45. The molecule has 0 spiro atoms. The van der Waals surface area contributed by atoms with Gasteiger partial charge in [-0.1, -0.05) is 23.6 Å². The van der Waals surface area contributed by atoms with Crippen molar-refractivity contribution in [2.45, 2.75) is 80.6 Å². The molecule has 1 N–H and O–H groups in total. The molecule has 8 nitrogen and oxygen atoms in total. The molecule has 2 saturated carbocycles. The lowest BCUT2D eigenvalue weighted by molar-refractivity contribution is -0.120. The third kappa shape index (κ3) is 7.36. The molecular weight excluding hydrogens is 792 g/mol. The highest BCUT2D eigenvalue weighted by Crippen LogP contribution is 2.68. The number of Topliss-reactive ketones (excluding diaryl/α,β-unsaturated/α-hetero) is 1. The quantitative estimate of drug-likeness (QED) is 0.0823. The molecule has 16 heteroatoms. The van der Waals surface area contributed by atoms with Crippen molar-refractivity contribution < 1.29 is 40.5 Å². The van der Waals surface area contributed by atoms with Crippen molar-refractivity contribution in [3.63, 3.8) is 0 Å². The van der Waals surface area contributed by atoms with E-state index in [0.29, 0.717) is 56.3 Å². The number of pyridine rings is 1. The third-order valence-corrected chi connectivity index (χ3v) is 12.2. The maximum absolute atomic E-state index is 15.4. The number of aliphatic hydroxyl groups is 1. The van der Waals surface area contributed by atoms with Crippen molar-refractivity contribution in [2.75, 3.05) is 6.26 Å². The normalized spacial score (nSPS) is 20.3. The summed E-state index contributed by atoms with van der Waals surface area (Å²) in [5.41, 5.74) is -0.353. The summed E-state index contributed by atoms with van der Waals surface area (Å²) in [5, 5.41) is 20.0. The molecule has 3 heterocycles. The molecule has 1 unspecified atom stereocenters. The average molecular weight is 828 g/mol. The molecule has 298 valence electrons. The molecule has 3 aliphatic carbocycles. The number of fused-ring (bicyclic) bond motifs is 4. The van der Waals surface area contributed by atoms with Crippen LogP contribution in [0.25, 0.3) is 22.0 Å². The number of alkyl halides is 4. The number of halogens is 7. The van der Waals surface area contributed by atoms with Gasteiger partial charge in [-0.3, -0.25) is 18.4 Å². The van der Waals surface area contributed by atoms with E-state index < -0.39 is 87.0 Å². The smallest absolute Gasteiger partial charge is 0.293 e. The number of hydrogen-bond acceptors (Lipinski definition) is 6. The Hall–Kier alpha value is -4.65. The first-order valence-electron chi connectivity index (χ1n) is 18.3. The number of carbonyl (C=O) groups excluding carboxylic acids is 1. The van der Waals surface area contributed by atoms with Crippen LogP contribution in [0.5, 0.6) is 0 Å². The molecule has 0 aliphatic heterocycles. The van der Waals surface area contributed by atoms with Crippen molar-refractivity contribution in [3.05, 3.63) is 98.7 Å². The second-order valence-corrected chi connectivity index (χ2v) is 18.6. The molecule has 2 aromatic carbocycles. The third-order valence-electron chi connectivity index (χ3n) is 11.0. The second kappa shape index (κ2) is 14.0. The van der Waals surface area contributed by atoms with Crippen molar-refractivity contribution in [1.82, 2.24) is 24.5 Å². The highest BCUT2D eigenvalue weighted by Gasteiger charge is 2.67. The van der Waals surface area contributed by atoms with Gasteiger partial charge >= 0.3 is 0 Å². The van der Waals surface area contributed by atoms with Crippen LogP contribution in [0.1, 0.15) is 90.0 Å². The molecule has 4 atom stereocenters. The lowest BCUT2D eigenvalue weighted by Gasteiger charge is -2.30. The highest BCUT2D eigenvalue weighted by molar-refractivity contribution is 7.98. The Labute approximate surface area is 329 Å². The van der Waals surface area contributed by atoms with E-state index >= 15 is 8.78 Å². The predicted molar refractivity (Wildman–Crippen MR) is 204 cm³/mol. The topological polar surface area (TPSA) is 103 Å². The zero-order chi connectivity index (χ0) is 40.8. The number of hydrogen-bond donors (Lipinski definition) is 1. The van der Waals surface area contributed by atoms with Crippen LogP contribution < -0.4 is 0 Å². The van der Waals surface area contributed by atoms with E-state index in [1.165, 1.54) is 6.26 Å². The molecule has 2 fully saturated rings. The van der Waals surface area contributed by atoms with Gasteiger partial charge < -0.3 is 5.11 Å². The van der Waals surface area contributed by atoms with E-state index in [0.717, 1.165) is 18.6 Å². The van der Waals surface area contributed by atoms with Gasteiger partial charge in [0.05, 0.1) is 27.7 Å². The summed E-state index contributed by atoms with van der Waals surface area (Å²) < 4.78 is 103. The van der Waals surface area contributed by atoms with Gasteiger partial charge in [-0.15, -0.1) is 0 Å². The molecule has 5 aromatic rings. The van der Waals surface area contributed by atoms with Gasteiger partial charge in [-0.2, -0.15) is 19.0 Å². The van der Waals surface area contributed by atoms with Crippen molar-refractivity contribution in [2.24, 2.45) is 13.0 Å². The Kier molecular flexibility index (Phi) is 9.64. The molecule has 3 aromatic heterocycles. The molecule has 0 radical (unpaired) electrons. The fourth-order valence-electron chi connectivity index (χ4n) is 8.33. The lowest BCUT2D eigenvalue weighted by Crippen LogP contribution is -2.34. The van der Waals surface area contributed by atoms with E-state index in [2.05, 4.69) is 27.9 Å². The first kappa shape index (κ1) is 39.2. The Morgan fingerprint density at radius 2 is 1.79 bits per heavy atom. The van der Waals surface area contributed by atoms with Crippen LogP contribution in [-0.2, 0) is 46.0 Å². The zero-order valence-electron chi connectivity index (χ0n) is 30.8. The number of rotatable bonds is 11. The van der Waals surface area contributed by atoms with Crippen LogP contribution in [0.4, 0.5) is 26.3 Å². The van der Waals surface area contributed by atoms with Crippen LogP contribution in [0.2, 0.25) is 5.02 Å². The van der Waals surface area contributed by atoms with Gasteiger partial charge in [0.25, 0.3) is 12.3 Å². The van der Waals surface area contributed by atoms with Crippen LogP contribution >= 0.6 is 11.6 Å². The summed E-state index contributed by atoms with van der Waals surface area (Å²) in [5.74, 6) is 0.807. The highest BCUT2D eigenvalue weighted by atomic mass is 35.5. The fourth-order valence-corrected chi connectivity index (χ4v) is 9.37. The predicted octanol–water partition coefficient (Wildman–Crippen LogP) is 8.01. The molecule has 8 rings (SSSR count). The van der Waals surface area contributed by atoms with E-state index in [9.17, 15) is 31.7 Å². The van der Waals surface area contributed by atoms with Crippen molar-refractivity contribution in [3.8, 4) is 23.0 Å². The second-order valence-electron chi connectivity index (χ2n) is 15.6. The largest absolute Gasteiger partial charge is 0.378 e. The number of nitrogens with zero attached hydrogens (tertiary/aromatic N) is 5. The molecule has 0 amide bonds. The Bertz CT molecular complexity index is 2640. The number of aryl methyl sites for hydroxylation is 1. The summed E-state index contributed by atoms with van der Waals surface area (Å²) >= 11 is 6.72. The van der Waals surface area contributed by atoms with Gasteiger partial charge in [-0.05, 0) is 95.2 Å². The SMILES string of the molecule is C=S(C)(=O)Cc1nn(C)c2c(-c3ccc(C#CC4(O)CCC4)nc3[C@@H](CC(=O)Cn3nc(C(F)F)c4c3C(F)(F)[C@@H]3C[C@H]43)Cc3cc(F)cc(F)c3)ccc(Cl)c12. The Morgan fingerprint density at radius 1 is 1.09 bits per heavy atom. The van der Waals surface area contributed by atoms with E-state index in [1.54, 1.807) is 36.0 Å². The lowest BCUT2D eigenvalue weighted by atomic mass is 9.81. The molecule has 0 saturated heterocycles. The van der Waals surface area contributed by atoms with Gasteiger partial charge in [-0.25, -0.2) is 22.5 Å². The summed E-state index contributed by atoms with van der Waals surface area (Å²) in [7, 11) is -0.894. The van der Waals surface area contributed by atoms with Crippen LogP contribution in [0.15, 0.2) is 42.5 Å². The number of ketones is 1. The van der Waals surface area contributed by atoms with Crippen LogP contribution in [0, 0.1) is 29.4 Å². The minimum Gasteiger partial charge on any atom is -0.378 e. The van der Waals surface area contributed by atoms with Gasteiger partial charge in [0.1, 0.15) is 40.9 Å². The number of benzene rings is 2. The van der Waals surface area contributed by atoms with Gasteiger partial charge in [0.2, 0.25) is 0 Å². The molecular formula is C41H36ClF6N5O3S. The summed E-state index contributed by atoms with van der Waals surface area (Å²) in [6.45, 7) is -0.766. The minimum absolute atomic E-state index is 0.0171. The number of aromatic nitrogens is 5. The van der Waals surface area contributed by atoms with Crippen LogP contribution in [-0.4, -0.2) is 57.4 Å². The van der Waals surface area contributed by atoms with Crippen LogP contribution in [0.3, 0.4) is 0 Å². The first-order chi connectivity index (χ1) is 26.8. The summed E-state index contributed by atoms with van der Waals surface area (Å²) in [6.07, 6.45) is -0.447. The van der Waals surface area contributed by atoms with E-state index in [4.69, 9.17) is 16.6 Å².